The normalized spacial score (nSPS) is 30.2. The molecule has 1 aromatic heterocycles. The van der Waals surface area contributed by atoms with Crippen molar-refractivity contribution < 1.29 is 28.5 Å². The second-order valence-electron chi connectivity index (χ2n) is 4.54. The van der Waals surface area contributed by atoms with Crippen LogP contribution >= 0.6 is 0 Å². The van der Waals surface area contributed by atoms with Gasteiger partial charge in [0.1, 0.15) is 24.1 Å². The van der Waals surface area contributed by atoms with Gasteiger partial charge in [0.2, 0.25) is 0 Å². The van der Waals surface area contributed by atoms with Crippen molar-refractivity contribution in [2.24, 2.45) is 0 Å². The van der Waals surface area contributed by atoms with Crippen LogP contribution in [-0.4, -0.2) is 59.9 Å². The quantitative estimate of drug-likeness (QED) is 0.718. The summed E-state index contributed by atoms with van der Waals surface area (Å²) < 4.78 is 36.4. The van der Waals surface area contributed by atoms with E-state index in [1.54, 1.807) is 0 Å². The minimum atomic E-state index is -1.19. The Morgan fingerprint density at radius 2 is 2.20 bits per heavy atom. The van der Waals surface area contributed by atoms with Crippen molar-refractivity contribution in [1.29, 1.82) is 0 Å². The highest BCUT2D eigenvalue weighted by Crippen LogP contribution is 2.20. The van der Waals surface area contributed by atoms with E-state index in [9.17, 15) is 19.0 Å². The molecule has 3 N–H and O–H groups in total. The van der Waals surface area contributed by atoms with E-state index in [2.05, 4.69) is 10.3 Å². The molecule has 4 atom stereocenters. The van der Waals surface area contributed by atoms with Gasteiger partial charge in [-0.3, -0.25) is 0 Å². The summed E-state index contributed by atoms with van der Waals surface area (Å²) in [6.07, 6.45) is -2.16. The van der Waals surface area contributed by atoms with Gasteiger partial charge >= 0.3 is 0 Å². The van der Waals surface area contributed by atoms with Gasteiger partial charge in [0.15, 0.2) is 11.6 Å². The van der Waals surface area contributed by atoms with Gasteiger partial charge in [0.05, 0.1) is 25.5 Å². The van der Waals surface area contributed by atoms with Crippen molar-refractivity contribution in [1.82, 2.24) is 4.98 Å². The molecule has 1 aromatic rings. The molecule has 0 saturated carbocycles. The second kappa shape index (κ2) is 6.40. The number of hydrogen-bond acceptors (Lipinski definition) is 6. The fourth-order valence-electron chi connectivity index (χ4n) is 2.02. The van der Waals surface area contributed by atoms with Crippen molar-refractivity contribution in [2.45, 2.75) is 24.4 Å². The molecule has 0 aromatic carbocycles. The SMILES string of the molecule is COC[C@H]1OC[C@H](Nc2ncc(F)cc2F)[C@@H](O)[C@H]1O. The Bertz CT molecular complexity index is 463. The van der Waals surface area contributed by atoms with Gasteiger partial charge in [0, 0.05) is 13.2 Å². The topological polar surface area (TPSA) is 83.8 Å². The lowest BCUT2D eigenvalue weighted by molar-refractivity contribution is -0.156. The van der Waals surface area contributed by atoms with Crippen molar-refractivity contribution >= 4 is 5.82 Å². The maximum absolute atomic E-state index is 13.5. The van der Waals surface area contributed by atoms with Gasteiger partial charge in [-0.05, 0) is 0 Å². The van der Waals surface area contributed by atoms with Crippen LogP contribution in [0.15, 0.2) is 12.3 Å². The number of anilines is 1. The molecule has 1 aliphatic heterocycles. The molecule has 0 amide bonds. The van der Waals surface area contributed by atoms with E-state index in [0.717, 1.165) is 6.20 Å². The van der Waals surface area contributed by atoms with Gasteiger partial charge < -0.3 is 25.0 Å². The molecular formula is C12H16F2N2O4. The zero-order chi connectivity index (χ0) is 14.7. The van der Waals surface area contributed by atoms with Crippen LogP contribution in [0.1, 0.15) is 0 Å². The van der Waals surface area contributed by atoms with Crippen molar-refractivity contribution in [3.8, 4) is 0 Å². The number of rotatable bonds is 4. The highest BCUT2D eigenvalue weighted by Gasteiger charge is 2.38. The maximum atomic E-state index is 13.5. The monoisotopic (exact) mass is 290 g/mol. The first-order chi connectivity index (χ1) is 9.52. The Labute approximate surface area is 114 Å². The molecule has 0 unspecified atom stereocenters. The number of ether oxygens (including phenoxy) is 2. The standard InChI is InChI=1S/C12H16F2N2O4/c1-19-5-9-11(18)10(17)8(4-20-9)16-12-7(14)2-6(13)3-15-12/h2-3,8-11,17-18H,4-5H2,1H3,(H,15,16)/t8-,9+,10+,11-/m0/s1. The fourth-order valence-corrected chi connectivity index (χ4v) is 2.02. The van der Waals surface area contributed by atoms with Crippen LogP contribution in [0.2, 0.25) is 0 Å². The van der Waals surface area contributed by atoms with E-state index in [1.807, 2.05) is 0 Å². The summed E-state index contributed by atoms with van der Waals surface area (Å²) >= 11 is 0. The van der Waals surface area contributed by atoms with Crippen LogP contribution in [0.3, 0.4) is 0 Å². The summed E-state index contributed by atoms with van der Waals surface area (Å²) in [6.45, 7) is 0.166. The minimum Gasteiger partial charge on any atom is -0.388 e. The van der Waals surface area contributed by atoms with E-state index in [-0.39, 0.29) is 19.0 Å². The summed E-state index contributed by atoms with van der Waals surface area (Å²) in [7, 11) is 1.45. The predicted octanol–water partition coefficient (Wildman–Crippen LogP) is -0.0927. The van der Waals surface area contributed by atoms with Crippen LogP contribution < -0.4 is 5.32 Å². The van der Waals surface area contributed by atoms with Gasteiger partial charge in [-0.1, -0.05) is 0 Å². The number of methoxy groups -OCH3 is 1. The van der Waals surface area contributed by atoms with E-state index >= 15 is 0 Å². The Morgan fingerprint density at radius 1 is 1.45 bits per heavy atom. The fraction of sp³-hybridized carbons (Fsp3) is 0.583. The molecule has 1 aliphatic rings. The van der Waals surface area contributed by atoms with Crippen molar-refractivity contribution in [2.75, 3.05) is 25.6 Å². The molecule has 1 saturated heterocycles. The summed E-state index contributed by atoms with van der Waals surface area (Å²) in [5.74, 6) is -1.89. The van der Waals surface area contributed by atoms with Crippen LogP contribution in [0.25, 0.3) is 0 Å². The third kappa shape index (κ3) is 3.21. The van der Waals surface area contributed by atoms with E-state index < -0.39 is 36.0 Å². The number of aliphatic hydroxyl groups excluding tert-OH is 2. The van der Waals surface area contributed by atoms with Gasteiger partial charge in [-0.15, -0.1) is 0 Å². The largest absolute Gasteiger partial charge is 0.388 e. The number of nitrogens with zero attached hydrogens (tertiary/aromatic N) is 1. The number of halogens is 2. The molecule has 0 bridgehead atoms. The van der Waals surface area contributed by atoms with E-state index in [4.69, 9.17) is 9.47 Å². The summed E-state index contributed by atoms with van der Waals surface area (Å²) in [5, 5.41) is 22.4. The Morgan fingerprint density at radius 3 is 2.85 bits per heavy atom. The van der Waals surface area contributed by atoms with Crippen LogP contribution in [0, 0.1) is 11.6 Å². The number of pyridine rings is 1. The third-order valence-corrected chi connectivity index (χ3v) is 3.09. The lowest BCUT2D eigenvalue weighted by atomic mass is 9.98. The van der Waals surface area contributed by atoms with Gasteiger partial charge in [-0.2, -0.15) is 0 Å². The zero-order valence-electron chi connectivity index (χ0n) is 10.8. The number of nitrogens with one attached hydrogen (secondary N) is 1. The summed E-state index contributed by atoms with van der Waals surface area (Å²) in [5.41, 5.74) is 0. The van der Waals surface area contributed by atoms with Crippen LogP contribution in [0.5, 0.6) is 0 Å². The molecule has 20 heavy (non-hydrogen) atoms. The molecule has 0 aliphatic carbocycles. The average Bonchev–Trinajstić information content (AvgIpc) is 2.41. The molecule has 6 nitrogen and oxygen atoms in total. The first kappa shape index (κ1) is 15.0. The number of hydrogen-bond donors (Lipinski definition) is 3. The van der Waals surface area contributed by atoms with Gasteiger partial charge in [-0.25, -0.2) is 13.8 Å². The van der Waals surface area contributed by atoms with Crippen LogP contribution in [0.4, 0.5) is 14.6 Å². The molecule has 0 radical (unpaired) electrons. The van der Waals surface area contributed by atoms with Crippen molar-refractivity contribution in [3.05, 3.63) is 23.9 Å². The molecule has 112 valence electrons. The summed E-state index contributed by atoms with van der Waals surface area (Å²) in [6, 6.07) is -0.0826. The molecule has 2 heterocycles. The first-order valence-electron chi connectivity index (χ1n) is 6.07. The molecular weight excluding hydrogens is 274 g/mol. The summed E-state index contributed by atoms with van der Waals surface area (Å²) in [4.78, 5) is 3.55. The van der Waals surface area contributed by atoms with Gasteiger partial charge in [0.25, 0.3) is 0 Å². The van der Waals surface area contributed by atoms with Crippen molar-refractivity contribution in [3.63, 3.8) is 0 Å². The molecule has 8 heteroatoms. The molecule has 0 spiro atoms. The third-order valence-electron chi connectivity index (χ3n) is 3.09. The Balaban J connectivity index is 2.03. The number of aliphatic hydroxyl groups is 2. The van der Waals surface area contributed by atoms with Crippen LogP contribution in [-0.2, 0) is 9.47 Å². The smallest absolute Gasteiger partial charge is 0.168 e. The first-order valence-corrected chi connectivity index (χ1v) is 6.07. The second-order valence-corrected chi connectivity index (χ2v) is 4.54. The highest BCUT2D eigenvalue weighted by atomic mass is 19.1. The predicted molar refractivity (Wildman–Crippen MR) is 65.2 cm³/mol. The maximum Gasteiger partial charge on any atom is 0.168 e. The molecule has 2 rings (SSSR count). The number of aromatic nitrogens is 1. The zero-order valence-corrected chi connectivity index (χ0v) is 10.8. The molecule has 1 fully saturated rings. The van der Waals surface area contributed by atoms with E-state index in [1.165, 1.54) is 7.11 Å². The Hall–Kier alpha value is -1.35. The highest BCUT2D eigenvalue weighted by molar-refractivity contribution is 5.37. The Kier molecular flexibility index (Phi) is 4.81. The average molecular weight is 290 g/mol. The lowest BCUT2D eigenvalue weighted by Gasteiger charge is -2.37. The van der Waals surface area contributed by atoms with E-state index in [0.29, 0.717) is 6.07 Å². The minimum absolute atomic E-state index is 0.0325. The lowest BCUT2D eigenvalue weighted by Crippen LogP contribution is -2.57.